The van der Waals surface area contributed by atoms with E-state index in [4.69, 9.17) is 5.26 Å². The second-order valence-electron chi connectivity index (χ2n) is 4.36. The van der Waals surface area contributed by atoms with Crippen molar-refractivity contribution >= 4 is 5.91 Å². The molecular formula is C12H20N2O. The molecule has 1 saturated heterocycles. The SMILES string of the molecule is CCC(C#N)(CC)CC(=O)N1CCCC1. The molecule has 0 aromatic carbocycles. The normalized spacial score (nSPS) is 16.5. The summed E-state index contributed by atoms with van der Waals surface area (Å²) in [6.07, 6.45) is 4.16. The summed E-state index contributed by atoms with van der Waals surface area (Å²) in [7, 11) is 0. The molecule has 0 N–H and O–H groups in total. The van der Waals surface area contributed by atoms with Gasteiger partial charge >= 0.3 is 0 Å². The van der Waals surface area contributed by atoms with Crippen molar-refractivity contribution in [3.05, 3.63) is 0 Å². The summed E-state index contributed by atoms with van der Waals surface area (Å²) in [6.45, 7) is 5.75. The minimum absolute atomic E-state index is 0.165. The zero-order valence-corrected chi connectivity index (χ0v) is 9.75. The highest BCUT2D eigenvalue weighted by molar-refractivity contribution is 5.77. The fourth-order valence-corrected chi connectivity index (χ4v) is 2.07. The van der Waals surface area contributed by atoms with Gasteiger partial charge in [-0.05, 0) is 25.7 Å². The predicted molar refractivity (Wildman–Crippen MR) is 59.1 cm³/mol. The van der Waals surface area contributed by atoms with Gasteiger partial charge in [0.15, 0.2) is 0 Å². The van der Waals surface area contributed by atoms with E-state index in [-0.39, 0.29) is 5.91 Å². The van der Waals surface area contributed by atoms with E-state index in [0.717, 1.165) is 38.8 Å². The van der Waals surface area contributed by atoms with Crippen LogP contribution in [0.5, 0.6) is 0 Å². The Kier molecular flexibility index (Phi) is 4.14. The first-order valence-electron chi connectivity index (χ1n) is 5.86. The third-order valence-corrected chi connectivity index (χ3v) is 3.54. The Morgan fingerprint density at radius 3 is 2.27 bits per heavy atom. The lowest BCUT2D eigenvalue weighted by molar-refractivity contribution is -0.132. The Morgan fingerprint density at radius 2 is 1.87 bits per heavy atom. The summed E-state index contributed by atoms with van der Waals surface area (Å²) in [5, 5.41) is 9.15. The second-order valence-corrected chi connectivity index (χ2v) is 4.36. The number of carbonyl (C=O) groups excluding carboxylic acids is 1. The van der Waals surface area contributed by atoms with Crippen LogP contribution in [0.25, 0.3) is 0 Å². The van der Waals surface area contributed by atoms with Gasteiger partial charge < -0.3 is 4.90 Å². The lowest BCUT2D eigenvalue weighted by Gasteiger charge is -2.25. The quantitative estimate of drug-likeness (QED) is 0.711. The van der Waals surface area contributed by atoms with Crippen LogP contribution in [0.4, 0.5) is 0 Å². The van der Waals surface area contributed by atoms with Gasteiger partial charge in [-0.2, -0.15) is 5.26 Å². The zero-order chi connectivity index (χ0) is 11.3. The summed E-state index contributed by atoms with van der Waals surface area (Å²) in [5.74, 6) is 0.165. The van der Waals surface area contributed by atoms with Crippen LogP contribution in [0.2, 0.25) is 0 Å². The van der Waals surface area contributed by atoms with Crippen LogP contribution in [0.1, 0.15) is 46.0 Å². The molecule has 1 amide bonds. The third-order valence-electron chi connectivity index (χ3n) is 3.54. The standard InChI is InChI=1S/C12H20N2O/c1-3-12(4-2,10-13)9-11(15)14-7-5-6-8-14/h3-9H2,1-2H3. The topological polar surface area (TPSA) is 44.1 Å². The van der Waals surface area contributed by atoms with Crippen LogP contribution in [0, 0.1) is 16.7 Å². The minimum Gasteiger partial charge on any atom is -0.343 e. The summed E-state index contributed by atoms with van der Waals surface area (Å²) in [6, 6.07) is 2.32. The van der Waals surface area contributed by atoms with E-state index in [2.05, 4.69) is 6.07 Å². The highest BCUT2D eigenvalue weighted by Gasteiger charge is 2.31. The number of hydrogen-bond donors (Lipinski definition) is 0. The van der Waals surface area contributed by atoms with Gasteiger partial charge in [0.25, 0.3) is 0 Å². The van der Waals surface area contributed by atoms with Crippen LogP contribution < -0.4 is 0 Å². The molecule has 1 heterocycles. The summed E-state index contributed by atoms with van der Waals surface area (Å²) < 4.78 is 0. The molecule has 0 aliphatic carbocycles. The molecule has 1 aliphatic rings. The molecule has 3 nitrogen and oxygen atoms in total. The summed E-state index contributed by atoms with van der Waals surface area (Å²) >= 11 is 0. The zero-order valence-electron chi connectivity index (χ0n) is 9.75. The van der Waals surface area contributed by atoms with Gasteiger partial charge in [-0.25, -0.2) is 0 Å². The Bertz CT molecular complexity index is 257. The third kappa shape index (κ3) is 2.71. The maximum atomic E-state index is 11.9. The highest BCUT2D eigenvalue weighted by atomic mass is 16.2. The number of nitrogens with zero attached hydrogens (tertiary/aromatic N) is 2. The average Bonchev–Trinajstić information content (AvgIpc) is 2.79. The van der Waals surface area contributed by atoms with Crippen LogP contribution in [-0.4, -0.2) is 23.9 Å². The summed E-state index contributed by atoms with van der Waals surface area (Å²) in [5.41, 5.74) is -0.431. The molecule has 0 atom stereocenters. The van der Waals surface area contributed by atoms with Crippen molar-refractivity contribution in [2.24, 2.45) is 5.41 Å². The van der Waals surface area contributed by atoms with E-state index in [0.29, 0.717) is 6.42 Å². The molecule has 0 unspecified atom stereocenters. The van der Waals surface area contributed by atoms with Crippen LogP contribution in [-0.2, 0) is 4.79 Å². The minimum atomic E-state index is -0.431. The van der Waals surface area contributed by atoms with Crippen molar-refractivity contribution in [1.82, 2.24) is 4.90 Å². The predicted octanol–water partition coefficient (Wildman–Crippen LogP) is 2.33. The number of amides is 1. The Morgan fingerprint density at radius 1 is 1.33 bits per heavy atom. The van der Waals surface area contributed by atoms with E-state index in [1.807, 2.05) is 18.7 Å². The van der Waals surface area contributed by atoms with E-state index in [1.54, 1.807) is 0 Å². The van der Waals surface area contributed by atoms with Crippen molar-refractivity contribution in [1.29, 1.82) is 5.26 Å². The lowest BCUT2D eigenvalue weighted by atomic mass is 9.80. The molecule has 0 radical (unpaired) electrons. The maximum Gasteiger partial charge on any atom is 0.224 e. The average molecular weight is 208 g/mol. The summed E-state index contributed by atoms with van der Waals surface area (Å²) in [4.78, 5) is 13.8. The fourth-order valence-electron chi connectivity index (χ4n) is 2.07. The molecule has 84 valence electrons. The molecule has 0 aromatic heterocycles. The van der Waals surface area contributed by atoms with E-state index < -0.39 is 5.41 Å². The Hall–Kier alpha value is -1.04. The van der Waals surface area contributed by atoms with Crippen molar-refractivity contribution in [2.45, 2.75) is 46.0 Å². The van der Waals surface area contributed by atoms with Crippen molar-refractivity contribution in [2.75, 3.05) is 13.1 Å². The number of carbonyl (C=O) groups is 1. The molecule has 15 heavy (non-hydrogen) atoms. The Balaban J connectivity index is 2.58. The largest absolute Gasteiger partial charge is 0.343 e. The molecule has 0 bridgehead atoms. The van der Waals surface area contributed by atoms with Crippen molar-refractivity contribution < 1.29 is 4.79 Å². The lowest BCUT2D eigenvalue weighted by Crippen LogP contribution is -2.33. The van der Waals surface area contributed by atoms with Crippen LogP contribution >= 0.6 is 0 Å². The second kappa shape index (κ2) is 5.16. The van der Waals surface area contributed by atoms with E-state index in [1.165, 1.54) is 0 Å². The molecule has 3 heteroatoms. The molecule has 1 aliphatic heterocycles. The highest BCUT2D eigenvalue weighted by Crippen LogP contribution is 2.30. The maximum absolute atomic E-state index is 11.9. The van der Waals surface area contributed by atoms with Crippen molar-refractivity contribution in [3.8, 4) is 6.07 Å². The number of hydrogen-bond acceptors (Lipinski definition) is 2. The number of likely N-dealkylation sites (tertiary alicyclic amines) is 1. The van der Waals surface area contributed by atoms with Gasteiger partial charge in [0.1, 0.15) is 0 Å². The van der Waals surface area contributed by atoms with Gasteiger partial charge in [0.05, 0.1) is 11.5 Å². The van der Waals surface area contributed by atoms with Gasteiger partial charge in [-0.15, -0.1) is 0 Å². The number of rotatable bonds is 4. The molecule has 1 rings (SSSR count). The molecule has 0 aromatic rings. The van der Waals surface area contributed by atoms with E-state index >= 15 is 0 Å². The molecular weight excluding hydrogens is 188 g/mol. The van der Waals surface area contributed by atoms with E-state index in [9.17, 15) is 4.79 Å². The monoisotopic (exact) mass is 208 g/mol. The fraction of sp³-hybridized carbons (Fsp3) is 0.833. The van der Waals surface area contributed by atoms with Crippen LogP contribution in [0.3, 0.4) is 0 Å². The van der Waals surface area contributed by atoms with Gasteiger partial charge in [0.2, 0.25) is 5.91 Å². The molecule has 1 fully saturated rings. The van der Waals surface area contributed by atoms with Crippen LogP contribution in [0.15, 0.2) is 0 Å². The Labute approximate surface area is 92.1 Å². The molecule has 0 spiro atoms. The van der Waals surface area contributed by atoms with Gasteiger partial charge in [0, 0.05) is 19.5 Å². The smallest absolute Gasteiger partial charge is 0.224 e. The van der Waals surface area contributed by atoms with Crippen molar-refractivity contribution in [3.63, 3.8) is 0 Å². The first kappa shape index (κ1) is 12.0. The number of nitriles is 1. The molecule has 0 saturated carbocycles. The first-order valence-corrected chi connectivity index (χ1v) is 5.86. The first-order chi connectivity index (χ1) is 7.17. The van der Waals surface area contributed by atoms with Gasteiger partial charge in [-0.3, -0.25) is 4.79 Å². The van der Waals surface area contributed by atoms with Gasteiger partial charge in [-0.1, -0.05) is 13.8 Å².